The maximum atomic E-state index is 12.4. The van der Waals surface area contributed by atoms with Gasteiger partial charge in [-0.05, 0) is 26.7 Å². The van der Waals surface area contributed by atoms with E-state index in [9.17, 15) is 4.79 Å². The molecule has 2 atom stereocenters. The number of amides is 1. The van der Waals surface area contributed by atoms with E-state index in [1.807, 2.05) is 20.8 Å². The predicted molar refractivity (Wildman–Crippen MR) is 80.5 cm³/mol. The fourth-order valence-electron chi connectivity index (χ4n) is 2.43. The van der Waals surface area contributed by atoms with Gasteiger partial charge in [0.2, 0.25) is 0 Å². The number of rotatable bonds is 2. The van der Waals surface area contributed by atoms with Crippen molar-refractivity contribution in [1.29, 1.82) is 0 Å². The smallest absolute Gasteiger partial charge is 0.411 e. The van der Waals surface area contributed by atoms with Crippen molar-refractivity contribution in [2.24, 2.45) is 5.92 Å². The molecule has 1 aromatic rings. The summed E-state index contributed by atoms with van der Waals surface area (Å²) < 4.78 is 5.51. The molecule has 2 rings (SSSR count). The molecular weight excluding hydrogens is 274 g/mol. The minimum Gasteiger partial charge on any atom is -0.444 e. The van der Waals surface area contributed by atoms with Crippen LogP contribution in [0.4, 0.5) is 9.93 Å². The molecule has 0 aliphatic carbocycles. The molecule has 0 bridgehead atoms. The second kappa shape index (κ2) is 5.24. The van der Waals surface area contributed by atoms with Crippen LogP contribution in [-0.4, -0.2) is 21.6 Å². The van der Waals surface area contributed by atoms with Crippen molar-refractivity contribution in [2.45, 2.75) is 59.2 Å². The van der Waals surface area contributed by atoms with E-state index in [4.69, 9.17) is 10.5 Å². The Bertz CT molecular complexity index is 507. The Labute approximate surface area is 124 Å². The average Bonchev–Trinajstić information content (AvgIpc) is 2.81. The third kappa shape index (κ3) is 2.90. The number of hydrogen-bond donors (Lipinski definition) is 1. The van der Waals surface area contributed by atoms with E-state index >= 15 is 0 Å². The zero-order chi connectivity index (χ0) is 15.1. The van der Waals surface area contributed by atoms with Crippen molar-refractivity contribution in [3.8, 4) is 0 Å². The summed E-state index contributed by atoms with van der Waals surface area (Å²) in [6.07, 6.45) is 0.701. The maximum absolute atomic E-state index is 12.4. The number of thiazole rings is 1. The quantitative estimate of drug-likeness (QED) is 0.906. The van der Waals surface area contributed by atoms with E-state index in [1.165, 1.54) is 11.3 Å². The lowest BCUT2D eigenvalue weighted by Gasteiger charge is -2.31. The van der Waals surface area contributed by atoms with Gasteiger partial charge < -0.3 is 10.5 Å². The summed E-state index contributed by atoms with van der Waals surface area (Å²) in [5.74, 6) is 0.324. The summed E-state index contributed by atoms with van der Waals surface area (Å²) in [6.45, 7) is 10.4. The molecule has 0 unspecified atom stereocenters. The molecule has 5 nitrogen and oxygen atoms in total. The molecule has 112 valence electrons. The second-order valence-electron chi connectivity index (χ2n) is 6.30. The lowest BCUT2D eigenvalue weighted by Crippen LogP contribution is -2.37. The van der Waals surface area contributed by atoms with Crippen LogP contribution >= 0.6 is 11.3 Å². The molecule has 0 saturated heterocycles. The van der Waals surface area contributed by atoms with Gasteiger partial charge in [-0.25, -0.2) is 9.78 Å². The Balaban J connectivity index is 2.26. The van der Waals surface area contributed by atoms with Gasteiger partial charge in [0, 0.05) is 0 Å². The summed E-state index contributed by atoms with van der Waals surface area (Å²) in [6, 6.07) is -0.0293. The zero-order valence-corrected chi connectivity index (χ0v) is 13.6. The maximum Gasteiger partial charge on any atom is 0.411 e. The van der Waals surface area contributed by atoms with Crippen LogP contribution < -0.4 is 5.73 Å². The van der Waals surface area contributed by atoms with Crippen LogP contribution in [-0.2, 0) is 11.3 Å². The predicted octanol–water partition coefficient (Wildman–Crippen LogP) is 3.56. The normalized spacial score (nSPS) is 19.9. The van der Waals surface area contributed by atoms with Crippen LogP contribution in [0.25, 0.3) is 0 Å². The number of aromatic nitrogens is 1. The number of nitrogens with two attached hydrogens (primary N) is 1. The van der Waals surface area contributed by atoms with Gasteiger partial charge in [0.15, 0.2) is 5.13 Å². The minimum atomic E-state index is -0.487. The summed E-state index contributed by atoms with van der Waals surface area (Å²) in [4.78, 5) is 19.7. The Morgan fingerprint density at radius 3 is 2.80 bits per heavy atom. The fraction of sp³-hybridized carbons (Fsp3) is 0.714. The third-order valence-corrected chi connectivity index (χ3v) is 4.37. The van der Waals surface area contributed by atoms with Crippen molar-refractivity contribution < 1.29 is 9.53 Å². The van der Waals surface area contributed by atoms with Crippen molar-refractivity contribution >= 4 is 22.6 Å². The van der Waals surface area contributed by atoms with E-state index in [2.05, 4.69) is 18.8 Å². The van der Waals surface area contributed by atoms with Gasteiger partial charge in [0.1, 0.15) is 5.60 Å². The molecule has 1 aromatic heterocycles. The molecular formula is C14H23N3O2S. The molecule has 1 aliphatic heterocycles. The Morgan fingerprint density at radius 1 is 1.60 bits per heavy atom. The zero-order valence-electron chi connectivity index (χ0n) is 12.8. The Morgan fingerprint density at radius 2 is 2.25 bits per heavy atom. The van der Waals surface area contributed by atoms with Crippen LogP contribution in [0.5, 0.6) is 0 Å². The third-order valence-electron chi connectivity index (χ3n) is 3.48. The van der Waals surface area contributed by atoms with E-state index in [0.717, 1.165) is 17.0 Å². The highest BCUT2D eigenvalue weighted by molar-refractivity contribution is 7.15. The van der Waals surface area contributed by atoms with Gasteiger partial charge >= 0.3 is 6.09 Å². The van der Waals surface area contributed by atoms with Crippen LogP contribution in [0.2, 0.25) is 0 Å². The lowest BCUT2D eigenvalue weighted by molar-refractivity contribution is 0.0114. The van der Waals surface area contributed by atoms with Crippen molar-refractivity contribution in [2.75, 3.05) is 5.73 Å². The largest absolute Gasteiger partial charge is 0.444 e. The highest BCUT2D eigenvalue weighted by atomic mass is 32.1. The highest BCUT2D eigenvalue weighted by Crippen LogP contribution is 2.43. The summed E-state index contributed by atoms with van der Waals surface area (Å²) in [5, 5.41) is 0.576. The van der Waals surface area contributed by atoms with Crippen LogP contribution in [0.1, 0.15) is 57.7 Å². The number of nitrogens with zero attached hydrogens (tertiary/aromatic N) is 2. The lowest BCUT2D eigenvalue weighted by atomic mass is 9.97. The Hall–Kier alpha value is -1.30. The summed E-state index contributed by atoms with van der Waals surface area (Å²) >= 11 is 1.46. The van der Waals surface area contributed by atoms with Gasteiger partial charge in [0.25, 0.3) is 0 Å². The van der Waals surface area contributed by atoms with E-state index in [-0.39, 0.29) is 12.1 Å². The first-order valence-corrected chi connectivity index (χ1v) is 7.79. The van der Waals surface area contributed by atoms with E-state index in [0.29, 0.717) is 17.6 Å². The number of carbonyl (C=O) groups is 1. The first-order chi connectivity index (χ1) is 9.23. The molecule has 0 spiro atoms. The number of fused-ring (bicyclic) bond motifs is 1. The van der Waals surface area contributed by atoms with Crippen LogP contribution in [0.15, 0.2) is 0 Å². The van der Waals surface area contributed by atoms with Gasteiger partial charge in [-0.2, -0.15) is 0 Å². The number of hydrogen-bond acceptors (Lipinski definition) is 5. The summed E-state index contributed by atoms with van der Waals surface area (Å²) in [5.41, 5.74) is 6.25. The fourth-order valence-corrected chi connectivity index (χ4v) is 3.30. The molecule has 1 amide bonds. The van der Waals surface area contributed by atoms with Crippen molar-refractivity contribution in [1.82, 2.24) is 9.88 Å². The second-order valence-corrected chi connectivity index (χ2v) is 7.41. The van der Waals surface area contributed by atoms with Crippen molar-refractivity contribution in [3.05, 3.63) is 10.6 Å². The van der Waals surface area contributed by atoms with Gasteiger partial charge in [-0.3, -0.25) is 4.90 Å². The highest BCUT2D eigenvalue weighted by Gasteiger charge is 2.41. The topological polar surface area (TPSA) is 68.5 Å². The van der Waals surface area contributed by atoms with Gasteiger partial charge in [-0.1, -0.05) is 20.3 Å². The first kappa shape index (κ1) is 15.1. The number of anilines is 1. The van der Waals surface area contributed by atoms with Crippen LogP contribution in [0.3, 0.4) is 0 Å². The summed E-state index contributed by atoms with van der Waals surface area (Å²) in [7, 11) is 0. The van der Waals surface area contributed by atoms with Gasteiger partial charge in [0.05, 0.1) is 23.2 Å². The average molecular weight is 297 g/mol. The standard InChI is InChI=1S/C14H23N3O2S/c1-6-8(2)11-10-9(20-12(15)16-10)7-17(11)13(18)19-14(3,4)5/h8,11H,6-7H2,1-5H3,(H2,15,16)/t8-,11-/m0/s1. The molecule has 0 aromatic carbocycles. The van der Waals surface area contributed by atoms with Crippen LogP contribution in [0, 0.1) is 5.92 Å². The van der Waals surface area contributed by atoms with E-state index in [1.54, 1.807) is 4.90 Å². The first-order valence-electron chi connectivity index (χ1n) is 6.97. The monoisotopic (exact) mass is 297 g/mol. The number of carbonyl (C=O) groups excluding carboxylic acids is 1. The van der Waals surface area contributed by atoms with E-state index < -0.39 is 5.60 Å². The minimum absolute atomic E-state index is 0.0293. The molecule has 6 heteroatoms. The van der Waals surface area contributed by atoms with Crippen molar-refractivity contribution in [3.63, 3.8) is 0 Å². The number of ether oxygens (including phenoxy) is 1. The molecule has 0 saturated carbocycles. The van der Waals surface area contributed by atoms with Gasteiger partial charge in [-0.15, -0.1) is 11.3 Å². The molecule has 2 heterocycles. The Kier molecular flexibility index (Phi) is 3.95. The molecule has 2 N–H and O–H groups in total. The molecule has 20 heavy (non-hydrogen) atoms. The molecule has 0 fully saturated rings. The molecule has 0 radical (unpaired) electrons. The SMILES string of the molecule is CC[C@H](C)[C@H]1c2nc(N)sc2CN1C(=O)OC(C)(C)C. The molecule has 1 aliphatic rings. The number of nitrogen functional groups attached to an aromatic ring is 1.